The molecule has 0 amide bonds. The van der Waals surface area contributed by atoms with Crippen molar-refractivity contribution < 1.29 is 4.42 Å². The lowest BCUT2D eigenvalue weighted by atomic mass is 9.97. The maximum atomic E-state index is 6.46. The van der Waals surface area contributed by atoms with Gasteiger partial charge in [0.05, 0.1) is 27.5 Å². The third kappa shape index (κ3) is 2.46. The van der Waals surface area contributed by atoms with Crippen molar-refractivity contribution in [1.82, 2.24) is 14.4 Å². The normalized spacial score (nSPS) is 12.5. The molecule has 10 aromatic rings. The van der Waals surface area contributed by atoms with Crippen LogP contribution in [0.15, 0.2) is 120 Å². The quantitative estimate of drug-likeness (QED) is 0.221. The Morgan fingerprint density at radius 1 is 0.525 bits per heavy atom. The number of benzene rings is 6. The number of furan rings is 1. The van der Waals surface area contributed by atoms with Gasteiger partial charge >= 0.3 is 0 Å². The van der Waals surface area contributed by atoms with Crippen molar-refractivity contribution in [2.24, 2.45) is 0 Å². The van der Waals surface area contributed by atoms with E-state index in [9.17, 15) is 0 Å². The summed E-state index contributed by atoms with van der Waals surface area (Å²) in [5.74, 6) is 0. The van der Waals surface area contributed by atoms with Crippen LogP contribution < -0.4 is 0 Å². The molecule has 0 fully saturated rings. The van der Waals surface area contributed by atoms with E-state index in [1.807, 2.05) is 24.3 Å². The lowest BCUT2D eigenvalue weighted by molar-refractivity contribution is 0.669. The Morgan fingerprint density at radius 3 is 2.20 bits per heavy atom. The molecular weight excluding hydrogens is 490 g/mol. The largest absolute Gasteiger partial charge is 0.456 e. The van der Waals surface area contributed by atoms with E-state index in [4.69, 9.17) is 14.4 Å². The van der Waals surface area contributed by atoms with Gasteiger partial charge in [-0.05, 0) is 58.3 Å². The molecule has 6 aromatic carbocycles. The van der Waals surface area contributed by atoms with Gasteiger partial charge in [-0.25, -0.2) is 9.97 Å². The molecule has 40 heavy (non-hydrogen) atoms. The molecule has 0 bridgehead atoms. The van der Waals surface area contributed by atoms with E-state index in [1.54, 1.807) is 0 Å². The molecule has 4 aromatic heterocycles. The average Bonchev–Trinajstić information content (AvgIpc) is 3.65. The van der Waals surface area contributed by atoms with Crippen LogP contribution in [0.25, 0.3) is 93.2 Å². The molecule has 0 atom stereocenters. The second kappa shape index (κ2) is 7.13. The maximum Gasteiger partial charge on any atom is 0.165 e. The van der Waals surface area contributed by atoms with Gasteiger partial charge in [0.2, 0.25) is 0 Å². The SMILES string of the molecule is c1ccc2c(-c3ccc4oc5ccc6c7cccc8c9nc%10ccccc%10nc9n(c78)c6c5c4c3)cccc2c1. The second-order valence-electron chi connectivity index (χ2n) is 10.6. The lowest BCUT2D eigenvalue weighted by Crippen LogP contribution is -1.89. The number of nitrogens with zero attached hydrogens (tertiary/aromatic N) is 3. The van der Waals surface area contributed by atoms with Crippen LogP contribution in [-0.4, -0.2) is 14.4 Å². The summed E-state index contributed by atoms with van der Waals surface area (Å²) in [6.07, 6.45) is 0. The number of rotatable bonds is 1. The first-order valence-electron chi connectivity index (χ1n) is 13.5. The number of aromatic nitrogens is 3. The Bertz CT molecular complexity index is 2650. The van der Waals surface area contributed by atoms with Crippen LogP contribution in [0.2, 0.25) is 0 Å². The Hall–Kier alpha value is -5.48. The van der Waals surface area contributed by atoms with E-state index in [2.05, 4.69) is 95.4 Å². The van der Waals surface area contributed by atoms with Crippen LogP contribution in [0.1, 0.15) is 0 Å². The van der Waals surface area contributed by atoms with Crippen molar-refractivity contribution in [3.8, 4) is 11.1 Å². The molecule has 10 rings (SSSR count). The van der Waals surface area contributed by atoms with Gasteiger partial charge < -0.3 is 4.42 Å². The topological polar surface area (TPSA) is 43.3 Å². The molecular formula is C36H19N3O. The average molecular weight is 510 g/mol. The smallest absolute Gasteiger partial charge is 0.165 e. The van der Waals surface area contributed by atoms with Crippen molar-refractivity contribution in [3.63, 3.8) is 0 Å². The summed E-state index contributed by atoms with van der Waals surface area (Å²) in [5.41, 5.74) is 10.1. The predicted molar refractivity (Wildman–Crippen MR) is 164 cm³/mol. The summed E-state index contributed by atoms with van der Waals surface area (Å²) in [6, 6.07) is 40.5. The highest BCUT2D eigenvalue weighted by Gasteiger charge is 2.23. The van der Waals surface area contributed by atoms with Gasteiger partial charge in [-0.3, -0.25) is 4.40 Å². The third-order valence-corrected chi connectivity index (χ3v) is 8.50. The van der Waals surface area contributed by atoms with Gasteiger partial charge in [0.1, 0.15) is 16.7 Å². The van der Waals surface area contributed by atoms with Gasteiger partial charge in [0, 0.05) is 21.5 Å². The number of para-hydroxylation sites is 3. The van der Waals surface area contributed by atoms with E-state index in [0.29, 0.717) is 0 Å². The maximum absolute atomic E-state index is 6.46. The Morgan fingerprint density at radius 2 is 1.25 bits per heavy atom. The zero-order chi connectivity index (χ0) is 25.9. The van der Waals surface area contributed by atoms with Crippen molar-refractivity contribution >= 4 is 82.1 Å². The van der Waals surface area contributed by atoms with Crippen LogP contribution in [0.5, 0.6) is 0 Å². The summed E-state index contributed by atoms with van der Waals surface area (Å²) < 4.78 is 8.78. The van der Waals surface area contributed by atoms with Crippen molar-refractivity contribution in [3.05, 3.63) is 115 Å². The molecule has 0 unspecified atom stereocenters. The highest BCUT2D eigenvalue weighted by Crippen LogP contribution is 2.44. The van der Waals surface area contributed by atoms with Crippen LogP contribution >= 0.6 is 0 Å². The standard InChI is InChI=1S/C36H19N3O/c1-2-9-22-20(7-1)8-5-10-23(22)21-15-17-30-27(19-21)32-31(40-30)18-16-25-24-11-6-12-26-33-36(39(34(24)26)35(25)32)38-29-14-4-3-13-28(29)37-33/h1-19H. The summed E-state index contributed by atoms with van der Waals surface area (Å²) in [6.45, 7) is 0. The zero-order valence-electron chi connectivity index (χ0n) is 21.2. The van der Waals surface area contributed by atoms with Crippen LogP contribution in [0.4, 0.5) is 0 Å². The molecule has 0 radical (unpaired) electrons. The Labute approximate surface area is 227 Å². The summed E-state index contributed by atoms with van der Waals surface area (Å²) >= 11 is 0. The zero-order valence-corrected chi connectivity index (χ0v) is 21.2. The minimum absolute atomic E-state index is 0.875. The molecule has 4 nitrogen and oxygen atoms in total. The number of hydrogen-bond donors (Lipinski definition) is 0. The molecule has 4 heteroatoms. The van der Waals surface area contributed by atoms with Crippen LogP contribution in [-0.2, 0) is 0 Å². The molecule has 0 saturated carbocycles. The van der Waals surface area contributed by atoms with Gasteiger partial charge in [0.25, 0.3) is 0 Å². The van der Waals surface area contributed by atoms with Crippen molar-refractivity contribution in [2.45, 2.75) is 0 Å². The highest BCUT2D eigenvalue weighted by molar-refractivity contribution is 6.29. The van der Waals surface area contributed by atoms with Gasteiger partial charge in [0.15, 0.2) is 5.65 Å². The second-order valence-corrected chi connectivity index (χ2v) is 10.6. The Kier molecular flexibility index (Phi) is 3.65. The summed E-state index contributed by atoms with van der Waals surface area (Å²) in [4.78, 5) is 10.2. The molecule has 0 N–H and O–H groups in total. The third-order valence-electron chi connectivity index (χ3n) is 8.50. The van der Waals surface area contributed by atoms with E-state index < -0.39 is 0 Å². The minimum Gasteiger partial charge on any atom is -0.456 e. The molecule has 0 aliphatic heterocycles. The van der Waals surface area contributed by atoms with Crippen LogP contribution in [0, 0.1) is 0 Å². The van der Waals surface area contributed by atoms with E-state index in [0.717, 1.165) is 60.6 Å². The van der Waals surface area contributed by atoms with E-state index in [1.165, 1.54) is 32.7 Å². The minimum atomic E-state index is 0.875. The molecule has 0 spiro atoms. The fraction of sp³-hybridized carbons (Fsp3) is 0. The van der Waals surface area contributed by atoms with Crippen molar-refractivity contribution in [2.75, 3.05) is 0 Å². The number of hydrogen-bond acceptors (Lipinski definition) is 3. The number of fused-ring (bicyclic) bond motifs is 12. The molecule has 184 valence electrons. The van der Waals surface area contributed by atoms with E-state index >= 15 is 0 Å². The van der Waals surface area contributed by atoms with E-state index in [-0.39, 0.29) is 0 Å². The van der Waals surface area contributed by atoms with Gasteiger partial charge in [-0.2, -0.15) is 0 Å². The highest BCUT2D eigenvalue weighted by atomic mass is 16.3. The Balaban J connectivity index is 1.40. The fourth-order valence-corrected chi connectivity index (χ4v) is 6.79. The van der Waals surface area contributed by atoms with Crippen molar-refractivity contribution in [1.29, 1.82) is 0 Å². The van der Waals surface area contributed by atoms with Crippen LogP contribution in [0.3, 0.4) is 0 Å². The molecule has 0 saturated heterocycles. The summed E-state index contributed by atoms with van der Waals surface area (Å²) in [7, 11) is 0. The molecule has 0 aliphatic rings. The lowest BCUT2D eigenvalue weighted by Gasteiger charge is -2.07. The predicted octanol–water partition coefficient (Wildman–Crippen LogP) is 9.50. The first-order valence-corrected chi connectivity index (χ1v) is 13.5. The fourth-order valence-electron chi connectivity index (χ4n) is 6.79. The molecule has 4 heterocycles. The van der Waals surface area contributed by atoms with Gasteiger partial charge in [-0.1, -0.05) is 78.9 Å². The first kappa shape index (κ1) is 20.5. The monoisotopic (exact) mass is 509 g/mol. The molecule has 0 aliphatic carbocycles. The van der Waals surface area contributed by atoms with Gasteiger partial charge in [-0.15, -0.1) is 0 Å². The summed E-state index contributed by atoms with van der Waals surface area (Å²) in [5, 5.41) is 8.23. The first-order chi connectivity index (χ1) is 19.8.